The number of fused-ring (bicyclic) bond motifs is 1. The smallest absolute Gasteiger partial charge is 0.486 e. The SMILES string of the molecule is O=C(Nc1ccc(OC(F)(F)Cl)cc1)c1ccc(=O)n(-c2ccc3c(c2)OCCO3)c1. The number of hydrogen-bond acceptors (Lipinski definition) is 5. The zero-order valence-corrected chi connectivity index (χ0v) is 16.6. The Labute approximate surface area is 179 Å². The molecule has 0 bridgehead atoms. The number of pyridine rings is 1. The number of carbonyl (C=O) groups excluding carboxylic acids is 1. The van der Waals surface area contributed by atoms with Gasteiger partial charge in [0, 0.05) is 35.6 Å². The molecule has 2 heterocycles. The van der Waals surface area contributed by atoms with E-state index in [9.17, 15) is 18.4 Å². The third-order valence-corrected chi connectivity index (χ3v) is 4.40. The summed E-state index contributed by atoms with van der Waals surface area (Å²) in [6.07, 6.45) is 1.40. The maximum absolute atomic E-state index is 12.7. The number of aromatic nitrogens is 1. The molecule has 0 spiro atoms. The second kappa shape index (κ2) is 8.27. The van der Waals surface area contributed by atoms with Crippen molar-refractivity contribution < 1.29 is 27.8 Å². The molecule has 7 nitrogen and oxygen atoms in total. The first-order chi connectivity index (χ1) is 14.8. The van der Waals surface area contributed by atoms with E-state index in [1.54, 1.807) is 18.2 Å². The summed E-state index contributed by atoms with van der Waals surface area (Å²) in [7, 11) is 0. The average Bonchev–Trinajstić information content (AvgIpc) is 2.74. The molecule has 0 aliphatic carbocycles. The van der Waals surface area contributed by atoms with Gasteiger partial charge >= 0.3 is 5.57 Å². The Hall–Kier alpha value is -3.59. The predicted octanol–water partition coefficient (Wildman–Crippen LogP) is 4.03. The summed E-state index contributed by atoms with van der Waals surface area (Å²) in [5.74, 6) is 0.430. The van der Waals surface area contributed by atoms with Crippen LogP contribution in [-0.4, -0.2) is 29.3 Å². The van der Waals surface area contributed by atoms with E-state index >= 15 is 0 Å². The molecule has 1 aliphatic rings. The Bertz CT molecular complexity index is 1180. The van der Waals surface area contributed by atoms with E-state index in [2.05, 4.69) is 10.1 Å². The van der Waals surface area contributed by atoms with Gasteiger partial charge in [0.1, 0.15) is 19.0 Å². The maximum Gasteiger partial charge on any atom is 0.487 e. The highest BCUT2D eigenvalue weighted by molar-refractivity contribution is 6.20. The molecular formula is C21H15ClF2N2O5. The van der Waals surface area contributed by atoms with Gasteiger partial charge in [0.15, 0.2) is 11.5 Å². The molecule has 1 N–H and O–H groups in total. The number of benzene rings is 2. The van der Waals surface area contributed by atoms with Crippen molar-refractivity contribution in [1.82, 2.24) is 4.57 Å². The first kappa shape index (κ1) is 20.7. The van der Waals surface area contributed by atoms with Gasteiger partial charge in [0.2, 0.25) is 0 Å². The van der Waals surface area contributed by atoms with E-state index in [4.69, 9.17) is 21.1 Å². The highest BCUT2D eigenvalue weighted by Crippen LogP contribution is 2.31. The lowest BCUT2D eigenvalue weighted by atomic mass is 10.2. The van der Waals surface area contributed by atoms with Crippen molar-refractivity contribution in [2.75, 3.05) is 18.5 Å². The van der Waals surface area contributed by atoms with E-state index in [1.165, 1.54) is 47.2 Å². The summed E-state index contributed by atoms with van der Waals surface area (Å²) in [5, 5.41) is 2.62. The zero-order chi connectivity index (χ0) is 22.0. The second-order valence-electron chi connectivity index (χ2n) is 6.48. The monoisotopic (exact) mass is 448 g/mol. The van der Waals surface area contributed by atoms with Gasteiger partial charge in [0.25, 0.3) is 11.5 Å². The summed E-state index contributed by atoms with van der Waals surface area (Å²) < 4.78 is 41.9. The van der Waals surface area contributed by atoms with Gasteiger partial charge in [-0.2, -0.15) is 0 Å². The number of hydrogen-bond donors (Lipinski definition) is 1. The van der Waals surface area contributed by atoms with Crippen LogP contribution < -0.4 is 25.1 Å². The Morgan fingerprint density at radius 2 is 1.74 bits per heavy atom. The highest BCUT2D eigenvalue weighted by atomic mass is 35.5. The fourth-order valence-electron chi connectivity index (χ4n) is 2.95. The summed E-state index contributed by atoms with van der Waals surface area (Å²) in [6.45, 7) is 0.851. The number of halogens is 3. The summed E-state index contributed by atoms with van der Waals surface area (Å²) in [5.41, 5.74) is -3.11. The molecule has 0 atom stereocenters. The van der Waals surface area contributed by atoms with Crippen LogP contribution in [0, 0.1) is 0 Å². The van der Waals surface area contributed by atoms with Crippen molar-refractivity contribution in [3.05, 3.63) is 76.7 Å². The topological polar surface area (TPSA) is 78.8 Å². The van der Waals surface area contributed by atoms with Crippen LogP contribution in [0.1, 0.15) is 10.4 Å². The highest BCUT2D eigenvalue weighted by Gasteiger charge is 2.27. The van der Waals surface area contributed by atoms with Crippen LogP contribution >= 0.6 is 11.6 Å². The van der Waals surface area contributed by atoms with E-state index in [0.29, 0.717) is 36.1 Å². The number of alkyl halides is 3. The van der Waals surface area contributed by atoms with Crippen molar-refractivity contribution in [1.29, 1.82) is 0 Å². The van der Waals surface area contributed by atoms with Crippen LogP contribution in [0.25, 0.3) is 5.69 Å². The van der Waals surface area contributed by atoms with Crippen molar-refractivity contribution in [2.45, 2.75) is 5.57 Å². The molecular weight excluding hydrogens is 434 g/mol. The summed E-state index contributed by atoms with van der Waals surface area (Å²) in [4.78, 5) is 25.0. The zero-order valence-electron chi connectivity index (χ0n) is 15.8. The summed E-state index contributed by atoms with van der Waals surface area (Å²) >= 11 is 4.72. The molecule has 0 unspecified atom stereocenters. The Morgan fingerprint density at radius 3 is 2.45 bits per heavy atom. The van der Waals surface area contributed by atoms with Gasteiger partial charge in [-0.1, -0.05) is 0 Å². The van der Waals surface area contributed by atoms with Crippen LogP contribution in [-0.2, 0) is 0 Å². The van der Waals surface area contributed by atoms with Crippen LogP contribution in [0.15, 0.2) is 65.6 Å². The quantitative estimate of drug-likeness (QED) is 0.596. The largest absolute Gasteiger partial charge is 0.487 e. The van der Waals surface area contributed by atoms with Crippen molar-refractivity contribution >= 4 is 23.2 Å². The molecule has 10 heteroatoms. The Kier molecular flexibility index (Phi) is 5.51. The number of ether oxygens (including phenoxy) is 3. The minimum Gasteiger partial charge on any atom is -0.486 e. The lowest BCUT2D eigenvalue weighted by Gasteiger charge is -2.19. The van der Waals surface area contributed by atoms with Crippen LogP contribution in [0.3, 0.4) is 0 Å². The molecule has 3 aromatic rings. The van der Waals surface area contributed by atoms with E-state index in [1.807, 2.05) is 0 Å². The van der Waals surface area contributed by atoms with Gasteiger partial charge in [-0.05, 0) is 42.5 Å². The van der Waals surface area contributed by atoms with E-state index in [0.717, 1.165) is 0 Å². The maximum atomic E-state index is 12.7. The summed E-state index contributed by atoms with van der Waals surface area (Å²) in [6, 6.07) is 12.9. The number of carbonyl (C=O) groups is 1. The van der Waals surface area contributed by atoms with Crippen molar-refractivity contribution in [2.24, 2.45) is 0 Å². The molecule has 0 radical (unpaired) electrons. The second-order valence-corrected chi connectivity index (χ2v) is 6.92. The lowest BCUT2D eigenvalue weighted by molar-refractivity contribution is -0.0964. The standard InChI is InChI=1S/C21H15ClF2N2O5/c22-21(23,24)31-16-5-2-14(3-6-16)25-20(28)13-1-8-19(27)26(12-13)15-4-7-17-18(11-15)30-10-9-29-17/h1-8,11-12H,9-10H2,(H,25,28). The van der Waals surface area contributed by atoms with Gasteiger partial charge < -0.3 is 19.5 Å². The molecule has 1 aliphatic heterocycles. The third kappa shape index (κ3) is 4.95. The van der Waals surface area contributed by atoms with Gasteiger partial charge in [0.05, 0.1) is 11.3 Å². The molecule has 0 saturated carbocycles. The van der Waals surface area contributed by atoms with Gasteiger partial charge in [-0.15, -0.1) is 8.78 Å². The fraction of sp³-hybridized carbons (Fsp3) is 0.143. The van der Waals surface area contributed by atoms with Crippen LogP contribution in [0.4, 0.5) is 14.5 Å². The molecule has 31 heavy (non-hydrogen) atoms. The number of nitrogens with zero attached hydrogens (tertiary/aromatic N) is 1. The number of anilines is 1. The molecule has 0 saturated heterocycles. The molecule has 0 fully saturated rings. The lowest BCUT2D eigenvalue weighted by Crippen LogP contribution is -2.21. The third-order valence-electron chi connectivity index (χ3n) is 4.32. The molecule has 4 rings (SSSR count). The van der Waals surface area contributed by atoms with Crippen LogP contribution in [0.2, 0.25) is 0 Å². The van der Waals surface area contributed by atoms with Gasteiger partial charge in [-0.3, -0.25) is 14.2 Å². The van der Waals surface area contributed by atoms with E-state index in [-0.39, 0.29) is 16.9 Å². The first-order valence-corrected chi connectivity index (χ1v) is 9.46. The minimum atomic E-state index is -3.83. The first-order valence-electron chi connectivity index (χ1n) is 9.08. The Morgan fingerprint density at radius 1 is 1.03 bits per heavy atom. The fourth-order valence-corrected chi connectivity index (χ4v) is 3.04. The van der Waals surface area contributed by atoms with Gasteiger partial charge in [-0.25, -0.2) is 0 Å². The van der Waals surface area contributed by atoms with Crippen molar-refractivity contribution in [3.8, 4) is 22.9 Å². The molecule has 2 aromatic carbocycles. The number of amides is 1. The normalized spacial score (nSPS) is 12.9. The predicted molar refractivity (Wildman–Crippen MR) is 109 cm³/mol. The molecule has 160 valence electrons. The Balaban J connectivity index is 1.54. The van der Waals surface area contributed by atoms with Crippen molar-refractivity contribution in [3.63, 3.8) is 0 Å². The molecule has 1 amide bonds. The molecule has 1 aromatic heterocycles. The van der Waals surface area contributed by atoms with E-state index < -0.39 is 11.5 Å². The van der Waals surface area contributed by atoms with Crippen LogP contribution in [0.5, 0.6) is 17.2 Å². The number of rotatable bonds is 5. The minimum absolute atomic E-state index is 0.162. The number of nitrogens with one attached hydrogen (secondary N) is 1. The average molecular weight is 449 g/mol.